The third-order valence-electron chi connectivity index (χ3n) is 13.8. The highest BCUT2D eigenvalue weighted by Gasteiger charge is 2.61. The van der Waals surface area contributed by atoms with E-state index in [1.165, 1.54) is 11.3 Å². The number of ether oxygens (including phenoxy) is 1. The zero-order chi connectivity index (χ0) is 47.7. The van der Waals surface area contributed by atoms with E-state index >= 15 is 0 Å². The molecule has 3 amide bonds. The number of halogens is 1. The summed E-state index contributed by atoms with van der Waals surface area (Å²) in [6.45, 7) is 14.6. The topological polar surface area (TPSA) is 183 Å². The lowest BCUT2D eigenvalue weighted by molar-refractivity contribution is -0.135. The van der Waals surface area contributed by atoms with Crippen LogP contribution in [-0.2, 0) is 43.6 Å². The van der Waals surface area contributed by atoms with E-state index in [0.29, 0.717) is 41.0 Å². The van der Waals surface area contributed by atoms with Crippen molar-refractivity contribution in [1.82, 2.24) is 30.9 Å². The number of aryl methyl sites for hydroxylation is 2. The molecule has 5 N–H and O–H groups in total. The van der Waals surface area contributed by atoms with Gasteiger partial charge in [0.15, 0.2) is 0 Å². The summed E-state index contributed by atoms with van der Waals surface area (Å²) in [6, 6.07) is 18.0. The van der Waals surface area contributed by atoms with Gasteiger partial charge < -0.3 is 35.5 Å². The molecule has 1 saturated carbocycles. The van der Waals surface area contributed by atoms with Gasteiger partial charge in [-0.3, -0.25) is 29.6 Å². The third kappa shape index (κ3) is 9.61. The Morgan fingerprint density at radius 2 is 1.69 bits per heavy atom. The summed E-state index contributed by atoms with van der Waals surface area (Å²) in [7, 11) is -2.74. The number of piperidine rings is 2. The lowest BCUT2D eigenvalue weighted by Crippen LogP contribution is -2.54. The molecule has 1 atom stereocenters. The molecule has 1 aliphatic carbocycles. The maximum atomic E-state index is 13.8. The minimum atomic E-state index is -2.74. The van der Waals surface area contributed by atoms with Crippen molar-refractivity contribution in [2.75, 3.05) is 73.1 Å². The Bertz CT molecular complexity index is 2810. The highest BCUT2D eigenvalue weighted by Crippen LogP contribution is 2.59. The number of aromatic nitrogens is 3. The average molecular weight is 1010 g/mol. The zero-order valence-corrected chi connectivity index (χ0v) is 42.1. The van der Waals surface area contributed by atoms with E-state index in [9.17, 15) is 18.9 Å². The molecule has 3 fully saturated rings. The largest absolute Gasteiger partial charge is 0.492 e. The van der Waals surface area contributed by atoms with Gasteiger partial charge in [-0.2, -0.15) is 4.98 Å². The Balaban J connectivity index is 0.797. The summed E-state index contributed by atoms with van der Waals surface area (Å²) in [4.78, 5) is 56.8. The zero-order valence-electron chi connectivity index (χ0n) is 39.6. The highest BCUT2D eigenvalue weighted by molar-refractivity contribution is 9.10. The fourth-order valence-electron chi connectivity index (χ4n) is 10.3. The van der Waals surface area contributed by atoms with Gasteiger partial charge in [0.1, 0.15) is 24.8 Å². The Labute approximate surface area is 406 Å². The molecule has 0 bridgehead atoms. The quantitative estimate of drug-likeness (QED) is 0.0329. The van der Waals surface area contributed by atoms with Crippen molar-refractivity contribution < 1.29 is 23.7 Å². The summed E-state index contributed by atoms with van der Waals surface area (Å²) >= 11 is 3.64. The summed E-state index contributed by atoms with van der Waals surface area (Å²) in [5.41, 5.74) is 8.23. The molecule has 0 radical (unpaired) electrons. The van der Waals surface area contributed by atoms with Crippen LogP contribution in [0.2, 0.25) is 0 Å². The van der Waals surface area contributed by atoms with E-state index in [-0.39, 0.29) is 24.1 Å². The van der Waals surface area contributed by atoms with Crippen LogP contribution in [0.4, 0.5) is 34.5 Å². The molecule has 4 aliphatic rings. The van der Waals surface area contributed by atoms with Crippen molar-refractivity contribution in [3.63, 3.8) is 0 Å². The number of fused-ring (bicyclic) bond motifs is 3. The number of nitrogens with one attached hydrogen (secondary N) is 5. The molecule has 5 heterocycles. The van der Waals surface area contributed by atoms with Crippen molar-refractivity contribution in [3.05, 3.63) is 87.7 Å². The van der Waals surface area contributed by atoms with Crippen molar-refractivity contribution >= 4 is 91.5 Å². The first kappa shape index (κ1) is 47.6. The second kappa shape index (κ2) is 19.9. The maximum Gasteiger partial charge on any atom is 0.249 e. The van der Waals surface area contributed by atoms with Crippen LogP contribution >= 0.6 is 23.1 Å². The van der Waals surface area contributed by atoms with Gasteiger partial charge in [0.2, 0.25) is 23.7 Å². The number of pyridine rings is 1. The van der Waals surface area contributed by atoms with Gasteiger partial charge in [-0.05, 0) is 141 Å². The summed E-state index contributed by atoms with van der Waals surface area (Å²) < 4.78 is 20.7. The fourth-order valence-corrected chi connectivity index (χ4v) is 12.1. The first-order valence-corrected chi connectivity index (χ1v) is 27.5. The highest BCUT2D eigenvalue weighted by atomic mass is 79.9. The average Bonchev–Trinajstić information content (AvgIpc) is 4.09. The molecule has 3 aromatic carbocycles. The smallest absolute Gasteiger partial charge is 0.249 e. The molecule has 1 unspecified atom stereocenters. The van der Waals surface area contributed by atoms with Crippen molar-refractivity contribution in [2.45, 2.75) is 96.1 Å². The number of carbonyl (C=O) groups excluding carboxylic acids is 3. The number of anilines is 6. The molecule has 358 valence electrons. The summed E-state index contributed by atoms with van der Waals surface area (Å²) in [5.74, 6) is 1.01. The Hall–Kier alpha value is -5.41. The van der Waals surface area contributed by atoms with E-state index in [1.807, 2.05) is 43.3 Å². The monoisotopic (exact) mass is 1000 g/mol. The summed E-state index contributed by atoms with van der Waals surface area (Å²) in [6.07, 6.45) is 8.39. The van der Waals surface area contributed by atoms with Gasteiger partial charge >= 0.3 is 0 Å². The lowest BCUT2D eigenvalue weighted by atomic mass is 9.91. The number of hydrogen-bond donors (Lipinski definition) is 5. The van der Waals surface area contributed by atoms with E-state index in [1.54, 1.807) is 24.4 Å². The molecule has 5 aromatic rings. The molecule has 9 rings (SSSR count). The van der Waals surface area contributed by atoms with Gasteiger partial charge in [0, 0.05) is 78.7 Å². The lowest BCUT2D eigenvalue weighted by Gasteiger charge is -2.35. The molecule has 2 aromatic heterocycles. The number of imide groups is 1. The normalized spacial score (nSPS) is 18.0. The van der Waals surface area contributed by atoms with E-state index in [2.05, 4.69) is 84.4 Å². The number of nitrogens with zero attached hydrogens (tertiary/aromatic N) is 5. The first-order chi connectivity index (χ1) is 32.8. The molecule has 1 spiro atoms. The summed E-state index contributed by atoms with van der Waals surface area (Å²) in [5, 5.41) is 18.3. The van der Waals surface area contributed by atoms with Crippen LogP contribution in [0.25, 0.3) is 10.9 Å². The van der Waals surface area contributed by atoms with Crippen molar-refractivity contribution in [2.24, 2.45) is 0 Å². The maximum absolute atomic E-state index is 13.8. The number of carbonyl (C=O) groups is 3. The van der Waals surface area contributed by atoms with Crippen LogP contribution in [0.1, 0.15) is 81.7 Å². The van der Waals surface area contributed by atoms with Gasteiger partial charge in [0.05, 0.1) is 33.4 Å². The van der Waals surface area contributed by atoms with Crippen LogP contribution in [0.3, 0.4) is 0 Å². The molecule has 15 nitrogen and oxygen atoms in total. The van der Waals surface area contributed by atoms with Crippen LogP contribution in [0.5, 0.6) is 5.75 Å². The van der Waals surface area contributed by atoms with Crippen LogP contribution in [0, 0.1) is 0 Å². The van der Waals surface area contributed by atoms with Crippen LogP contribution in [0.15, 0.2) is 65.3 Å². The number of rotatable bonds is 18. The Morgan fingerprint density at radius 1 is 0.882 bits per heavy atom. The van der Waals surface area contributed by atoms with Crippen LogP contribution < -0.4 is 46.4 Å². The fraction of sp³-hybridized carbons (Fsp3) is 0.451. The number of benzene rings is 3. The van der Waals surface area contributed by atoms with Gasteiger partial charge in [-0.15, -0.1) is 0 Å². The minimum Gasteiger partial charge on any atom is -0.492 e. The molecular formula is C51H62BrN10O5P. The molecule has 2 saturated heterocycles. The molecule has 3 aliphatic heterocycles. The van der Waals surface area contributed by atoms with E-state index < -0.39 is 18.6 Å². The van der Waals surface area contributed by atoms with Crippen molar-refractivity contribution in [1.29, 1.82) is 0 Å². The van der Waals surface area contributed by atoms with E-state index in [4.69, 9.17) is 14.7 Å². The predicted molar refractivity (Wildman–Crippen MR) is 274 cm³/mol. The van der Waals surface area contributed by atoms with Gasteiger partial charge in [-0.25, -0.2) is 4.98 Å². The number of hydrogen-bond acceptors (Lipinski definition) is 13. The molecular weight excluding hydrogens is 944 g/mol. The van der Waals surface area contributed by atoms with Crippen molar-refractivity contribution in [3.8, 4) is 5.75 Å². The second-order valence-electron chi connectivity index (χ2n) is 18.7. The minimum absolute atomic E-state index is 0.00611. The van der Waals surface area contributed by atoms with E-state index in [0.717, 1.165) is 128 Å². The van der Waals surface area contributed by atoms with Gasteiger partial charge in [0.25, 0.3) is 0 Å². The predicted octanol–water partition coefficient (Wildman–Crippen LogP) is 7.62. The first-order valence-electron chi connectivity index (χ1n) is 24.1. The molecule has 17 heteroatoms. The standard InChI is InChI=1S/C51H62BrN10O5P/c1-6-31-28-39(58-50-55-30-36(52)47(60-50)57-38-15-14-37-35(46(38)68(4,5)66)13-12-33(7-2)56-37)43(67-8-3)29-42(31)61-26-19-34(20-27-61)54-25-24-53-23-18-32-10-9-11-40-45(32)51(21-22-51)49(65)62(40)41-16-17-44(63)59-48(41)64/h9-15,28-30,34,41,53-54H,6-8,16-27H2,1-5H3,(H,59,63,64)(H2,55,57,58,60). The Kier molecular flexibility index (Phi) is 13.9. The van der Waals surface area contributed by atoms with Gasteiger partial charge in [-0.1, -0.05) is 32.0 Å². The van der Waals surface area contributed by atoms with Crippen LogP contribution in [-0.4, -0.2) is 97.4 Å². The number of amides is 3. The second-order valence-corrected chi connectivity index (χ2v) is 22.7. The molecule has 68 heavy (non-hydrogen) atoms. The SMILES string of the molecule is CCOc1cc(N2CCC(NCCNCCc3cccc4c3C3(CC3)C(=O)N4C3CCC(=O)NC3=O)CC2)c(CC)cc1Nc1ncc(Br)c(Nc2ccc3nc(CC)ccc3c2P(C)(C)=O)n1. The third-order valence-corrected chi connectivity index (χ3v) is 16.0. The Morgan fingerprint density at radius 3 is 2.41 bits per heavy atom.